The molecule has 0 amide bonds. The third-order valence-electron chi connectivity index (χ3n) is 2.09. The highest BCUT2D eigenvalue weighted by atomic mass is 127. The van der Waals surface area contributed by atoms with Crippen LogP contribution in [-0.2, 0) is 4.43 Å². The van der Waals surface area contributed by atoms with Gasteiger partial charge in [0.05, 0.1) is 0 Å². The van der Waals surface area contributed by atoms with Crippen molar-refractivity contribution in [3.05, 3.63) is 33.7 Å². The van der Waals surface area contributed by atoms with Crippen molar-refractivity contribution >= 4 is 55.6 Å². The Hall–Kier alpha value is 0.200. The van der Waals surface area contributed by atoms with E-state index in [0.717, 1.165) is 9.45 Å². The van der Waals surface area contributed by atoms with E-state index in [2.05, 4.69) is 41.6 Å². The molecule has 1 aromatic heterocycles. The summed E-state index contributed by atoms with van der Waals surface area (Å²) in [6.45, 7) is 2.17. The highest BCUT2D eigenvalue weighted by Gasteiger charge is 2.07. The van der Waals surface area contributed by atoms with Gasteiger partial charge in [0.2, 0.25) is 0 Å². The molecular weight excluding hydrogens is 315 g/mol. The molecule has 0 bridgehead atoms. The van der Waals surface area contributed by atoms with Gasteiger partial charge in [-0.2, -0.15) is 0 Å². The summed E-state index contributed by atoms with van der Waals surface area (Å²) in [6.07, 6.45) is 0. The largest absolute Gasteiger partial charge is 0.140 e. The first-order valence-corrected chi connectivity index (χ1v) is 6.68. The lowest BCUT2D eigenvalue weighted by molar-refractivity contribution is 1.46. The molecule has 2 aromatic rings. The van der Waals surface area contributed by atoms with Crippen LogP contribution in [-0.4, -0.2) is 0 Å². The Labute approximate surface area is 100 Å². The lowest BCUT2D eigenvalue weighted by Crippen LogP contribution is -1.76. The molecule has 0 unspecified atom stereocenters. The second-order valence-corrected chi connectivity index (χ2v) is 5.37. The van der Waals surface area contributed by atoms with E-state index < -0.39 is 0 Å². The second-order valence-electron chi connectivity index (χ2n) is 2.91. The monoisotopic (exact) mass is 322 g/mol. The molecule has 0 saturated heterocycles. The predicted octanol–water partition coefficient (Wildman–Crippen LogP) is 4.80. The van der Waals surface area contributed by atoms with Crippen LogP contribution in [0.2, 0.25) is 5.02 Å². The molecule has 0 nitrogen and oxygen atoms in total. The molecule has 0 radical (unpaired) electrons. The average molecular weight is 323 g/mol. The highest BCUT2D eigenvalue weighted by molar-refractivity contribution is 14.1. The zero-order valence-electron chi connectivity index (χ0n) is 7.10. The first-order valence-electron chi connectivity index (χ1n) is 3.96. The Morgan fingerprint density at radius 3 is 2.92 bits per heavy atom. The number of alkyl halides is 1. The quantitative estimate of drug-likeness (QED) is 0.523. The summed E-state index contributed by atoms with van der Waals surface area (Å²) < 4.78 is 2.40. The smallest absolute Gasteiger partial charge is 0.0413 e. The van der Waals surface area contributed by atoms with Gasteiger partial charge in [-0.1, -0.05) is 34.2 Å². The van der Waals surface area contributed by atoms with E-state index in [4.69, 9.17) is 11.6 Å². The summed E-state index contributed by atoms with van der Waals surface area (Å²) in [4.78, 5) is 1.41. The standard InChI is InChI=1S/C10H8ClIS/c1-6-9(5-12)8-4-7(11)2-3-10(8)13-6/h2-4H,5H2,1H3. The third-order valence-corrected chi connectivity index (χ3v) is 4.21. The van der Waals surface area contributed by atoms with Crippen molar-refractivity contribution in [1.29, 1.82) is 0 Å². The maximum absolute atomic E-state index is 5.96. The van der Waals surface area contributed by atoms with Crippen LogP contribution in [0.4, 0.5) is 0 Å². The summed E-state index contributed by atoms with van der Waals surface area (Å²) >= 11 is 10.2. The Balaban J connectivity index is 2.80. The van der Waals surface area contributed by atoms with Gasteiger partial charge in [-0.25, -0.2) is 0 Å². The molecule has 2 rings (SSSR count). The van der Waals surface area contributed by atoms with Crippen molar-refractivity contribution in [2.75, 3.05) is 0 Å². The number of halogens is 2. The summed E-state index contributed by atoms with van der Waals surface area (Å²) in [5.41, 5.74) is 1.43. The minimum absolute atomic E-state index is 0.830. The van der Waals surface area contributed by atoms with Gasteiger partial charge in [-0.15, -0.1) is 11.3 Å². The van der Waals surface area contributed by atoms with E-state index in [1.54, 1.807) is 0 Å². The Morgan fingerprint density at radius 2 is 2.23 bits per heavy atom. The van der Waals surface area contributed by atoms with Gasteiger partial charge in [0, 0.05) is 19.0 Å². The van der Waals surface area contributed by atoms with Crippen LogP contribution in [0.1, 0.15) is 10.4 Å². The average Bonchev–Trinajstić information content (AvgIpc) is 2.40. The van der Waals surface area contributed by atoms with Crippen molar-refractivity contribution in [1.82, 2.24) is 0 Å². The van der Waals surface area contributed by atoms with Crippen LogP contribution >= 0.6 is 45.5 Å². The van der Waals surface area contributed by atoms with Crippen molar-refractivity contribution in [2.45, 2.75) is 11.4 Å². The van der Waals surface area contributed by atoms with Gasteiger partial charge < -0.3 is 0 Å². The summed E-state index contributed by atoms with van der Waals surface area (Å²) in [6, 6.07) is 6.12. The molecule has 68 valence electrons. The van der Waals surface area contributed by atoms with Gasteiger partial charge in [0.1, 0.15) is 0 Å². The molecule has 0 aliphatic rings. The Bertz CT molecular complexity index is 447. The van der Waals surface area contributed by atoms with Crippen molar-refractivity contribution < 1.29 is 0 Å². The maximum Gasteiger partial charge on any atom is 0.0413 e. The van der Waals surface area contributed by atoms with Crippen molar-refractivity contribution in [2.24, 2.45) is 0 Å². The van der Waals surface area contributed by atoms with Gasteiger partial charge in [0.15, 0.2) is 0 Å². The normalized spacial score (nSPS) is 11.0. The first-order chi connectivity index (χ1) is 6.22. The van der Waals surface area contributed by atoms with E-state index in [1.165, 1.54) is 20.5 Å². The van der Waals surface area contributed by atoms with E-state index in [9.17, 15) is 0 Å². The van der Waals surface area contributed by atoms with Gasteiger partial charge in [0.25, 0.3) is 0 Å². The van der Waals surface area contributed by atoms with Crippen molar-refractivity contribution in [3.63, 3.8) is 0 Å². The molecule has 0 aliphatic heterocycles. The molecule has 0 spiro atoms. The molecule has 0 N–H and O–H groups in total. The number of hydrogen-bond donors (Lipinski definition) is 0. The summed E-state index contributed by atoms with van der Waals surface area (Å²) in [7, 11) is 0. The summed E-state index contributed by atoms with van der Waals surface area (Å²) in [5.74, 6) is 0. The lowest BCUT2D eigenvalue weighted by atomic mass is 10.1. The van der Waals surface area contributed by atoms with E-state index in [0.29, 0.717) is 0 Å². The van der Waals surface area contributed by atoms with Crippen LogP contribution < -0.4 is 0 Å². The fraction of sp³-hybridized carbons (Fsp3) is 0.200. The molecule has 0 fully saturated rings. The fourth-order valence-electron chi connectivity index (χ4n) is 1.41. The molecule has 0 atom stereocenters. The van der Waals surface area contributed by atoms with Crippen LogP contribution in [0.5, 0.6) is 0 Å². The SMILES string of the molecule is Cc1sc2ccc(Cl)cc2c1CI. The van der Waals surface area contributed by atoms with Crippen LogP contribution in [0, 0.1) is 6.92 Å². The zero-order valence-corrected chi connectivity index (χ0v) is 10.8. The molecule has 3 heteroatoms. The number of fused-ring (bicyclic) bond motifs is 1. The molecule has 1 heterocycles. The Kier molecular flexibility index (Phi) is 2.81. The van der Waals surface area contributed by atoms with Gasteiger partial charge in [-0.05, 0) is 36.1 Å². The lowest BCUT2D eigenvalue weighted by Gasteiger charge is -1.95. The second kappa shape index (κ2) is 3.75. The van der Waals surface area contributed by atoms with Gasteiger partial charge >= 0.3 is 0 Å². The number of rotatable bonds is 1. The van der Waals surface area contributed by atoms with E-state index >= 15 is 0 Å². The first kappa shape index (κ1) is 9.74. The molecule has 0 saturated carbocycles. The third kappa shape index (κ3) is 1.72. The van der Waals surface area contributed by atoms with Crippen molar-refractivity contribution in [3.8, 4) is 0 Å². The number of benzene rings is 1. The zero-order chi connectivity index (χ0) is 9.42. The van der Waals surface area contributed by atoms with Gasteiger partial charge in [-0.3, -0.25) is 0 Å². The number of thiophene rings is 1. The highest BCUT2D eigenvalue weighted by Crippen LogP contribution is 2.33. The fourth-order valence-corrected chi connectivity index (χ4v) is 3.89. The minimum Gasteiger partial charge on any atom is -0.140 e. The Morgan fingerprint density at radius 1 is 1.46 bits per heavy atom. The van der Waals surface area contributed by atoms with E-state index in [-0.39, 0.29) is 0 Å². The summed E-state index contributed by atoms with van der Waals surface area (Å²) in [5, 5.41) is 2.15. The molecular formula is C10H8ClIS. The molecule has 1 aromatic carbocycles. The topological polar surface area (TPSA) is 0 Å². The number of aryl methyl sites for hydroxylation is 1. The molecule has 0 aliphatic carbocycles. The van der Waals surface area contributed by atoms with Crippen LogP contribution in [0.3, 0.4) is 0 Å². The maximum atomic E-state index is 5.96. The van der Waals surface area contributed by atoms with E-state index in [1.807, 2.05) is 17.4 Å². The van der Waals surface area contributed by atoms with Crippen LogP contribution in [0.25, 0.3) is 10.1 Å². The van der Waals surface area contributed by atoms with Crippen LogP contribution in [0.15, 0.2) is 18.2 Å². The predicted molar refractivity (Wildman–Crippen MR) is 69.3 cm³/mol. The minimum atomic E-state index is 0.830. The molecule has 13 heavy (non-hydrogen) atoms. The number of hydrogen-bond acceptors (Lipinski definition) is 1.